The summed E-state index contributed by atoms with van der Waals surface area (Å²) in [7, 11) is 0. The van der Waals surface area contributed by atoms with Gasteiger partial charge in [0, 0.05) is 17.7 Å². The molecule has 0 unspecified atom stereocenters. The van der Waals surface area contributed by atoms with Gasteiger partial charge in [0.05, 0.1) is 4.92 Å². The minimum atomic E-state index is -0.560. The summed E-state index contributed by atoms with van der Waals surface area (Å²) in [5.74, 6) is -0.687. The first-order chi connectivity index (χ1) is 11.5. The molecule has 0 radical (unpaired) electrons. The van der Waals surface area contributed by atoms with Gasteiger partial charge in [-0.2, -0.15) is 0 Å². The van der Waals surface area contributed by atoms with Crippen molar-refractivity contribution in [1.29, 1.82) is 0 Å². The maximum absolute atomic E-state index is 11.9. The number of nitro benzene ring substituents is 1. The molecule has 0 aromatic heterocycles. The Morgan fingerprint density at radius 3 is 2.38 bits per heavy atom. The first-order valence-corrected chi connectivity index (χ1v) is 6.99. The lowest BCUT2D eigenvalue weighted by atomic mass is 10.1. The van der Waals surface area contributed by atoms with Gasteiger partial charge >= 0.3 is 0 Å². The third-order valence-electron chi connectivity index (χ3n) is 3.12. The number of non-ortho nitro benzene ring substituents is 1. The standard InChI is InChI=1S/C16H15N3O5/c1-11-4-2-3-5-14(11)16(21)18-17-15(20)10-24-13-8-6-12(7-9-13)19(22)23/h2-9H,10H2,1H3,(H,17,20)(H,18,21). The third-order valence-corrected chi connectivity index (χ3v) is 3.12. The number of nitrogens with zero attached hydrogens (tertiary/aromatic N) is 1. The molecule has 0 aliphatic rings. The highest BCUT2D eigenvalue weighted by molar-refractivity contribution is 5.96. The number of carbonyl (C=O) groups excluding carboxylic acids is 2. The summed E-state index contributed by atoms with van der Waals surface area (Å²) in [5.41, 5.74) is 5.69. The molecule has 2 N–H and O–H groups in total. The molecular formula is C16H15N3O5. The van der Waals surface area contributed by atoms with Crippen LogP contribution < -0.4 is 15.6 Å². The molecule has 0 saturated heterocycles. The Morgan fingerprint density at radius 2 is 1.75 bits per heavy atom. The Kier molecular flexibility index (Phi) is 5.45. The van der Waals surface area contributed by atoms with E-state index in [-0.39, 0.29) is 12.3 Å². The Hall–Kier alpha value is -3.42. The number of benzene rings is 2. The number of amides is 2. The van der Waals surface area contributed by atoms with Gasteiger partial charge in [0.2, 0.25) is 0 Å². The van der Waals surface area contributed by atoms with E-state index in [1.54, 1.807) is 25.1 Å². The molecule has 8 heteroatoms. The van der Waals surface area contributed by atoms with Crippen LogP contribution in [0.4, 0.5) is 5.69 Å². The second kappa shape index (κ2) is 7.73. The maximum atomic E-state index is 11.9. The van der Waals surface area contributed by atoms with E-state index in [9.17, 15) is 19.7 Å². The number of hydrogen-bond acceptors (Lipinski definition) is 5. The summed E-state index contributed by atoms with van der Waals surface area (Å²) < 4.78 is 5.18. The zero-order chi connectivity index (χ0) is 17.5. The molecule has 24 heavy (non-hydrogen) atoms. The van der Waals surface area contributed by atoms with Crippen LogP contribution >= 0.6 is 0 Å². The molecule has 0 saturated carbocycles. The van der Waals surface area contributed by atoms with E-state index in [2.05, 4.69) is 10.9 Å². The smallest absolute Gasteiger partial charge is 0.276 e. The summed E-state index contributed by atoms with van der Waals surface area (Å²) in [6.07, 6.45) is 0. The lowest BCUT2D eigenvalue weighted by Crippen LogP contribution is -2.44. The Labute approximate surface area is 137 Å². The SMILES string of the molecule is Cc1ccccc1C(=O)NNC(=O)COc1ccc([N+](=O)[O-])cc1. The normalized spacial score (nSPS) is 9.88. The van der Waals surface area contributed by atoms with Crippen molar-refractivity contribution in [1.82, 2.24) is 10.9 Å². The molecule has 0 aliphatic heterocycles. The van der Waals surface area contributed by atoms with E-state index in [1.165, 1.54) is 24.3 Å². The number of hydrazine groups is 1. The molecule has 0 heterocycles. The van der Waals surface area contributed by atoms with Gasteiger partial charge in [0.25, 0.3) is 17.5 Å². The number of nitro groups is 1. The molecule has 0 spiro atoms. The van der Waals surface area contributed by atoms with E-state index in [1.807, 2.05) is 6.07 Å². The second-order valence-corrected chi connectivity index (χ2v) is 4.86. The summed E-state index contributed by atoms with van der Waals surface area (Å²) >= 11 is 0. The third kappa shape index (κ3) is 4.54. The van der Waals surface area contributed by atoms with Gasteiger partial charge in [-0.25, -0.2) is 0 Å². The van der Waals surface area contributed by atoms with E-state index >= 15 is 0 Å². The van der Waals surface area contributed by atoms with Crippen molar-refractivity contribution in [2.24, 2.45) is 0 Å². The molecular weight excluding hydrogens is 314 g/mol. The van der Waals surface area contributed by atoms with Gasteiger partial charge in [-0.3, -0.25) is 30.6 Å². The highest BCUT2D eigenvalue weighted by atomic mass is 16.6. The van der Waals surface area contributed by atoms with Crippen LogP contribution in [0.5, 0.6) is 5.75 Å². The van der Waals surface area contributed by atoms with E-state index < -0.39 is 16.7 Å². The summed E-state index contributed by atoms with van der Waals surface area (Å²) in [6, 6.07) is 12.3. The van der Waals surface area contributed by atoms with Crippen molar-refractivity contribution < 1.29 is 19.2 Å². The summed E-state index contributed by atoms with van der Waals surface area (Å²) in [6.45, 7) is 1.44. The molecule has 0 fully saturated rings. The fourth-order valence-corrected chi connectivity index (χ4v) is 1.87. The Bertz CT molecular complexity index is 759. The largest absolute Gasteiger partial charge is 0.484 e. The van der Waals surface area contributed by atoms with E-state index in [0.29, 0.717) is 11.3 Å². The van der Waals surface area contributed by atoms with E-state index in [0.717, 1.165) is 5.56 Å². The van der Waals surface area contributed by atoms with Crippen LogP contribution in [-0.4, -0.2) is 23.3 Å². The fourth-order valence-electron chi connectivity index (χ4n) is 1.87. The lowest BCUT2D eigenvalue weighted by molar-refractivity contribution is -0.384. The van der Waals surface area contributed by atoms with Crippen LogP contribution in [0.25, 0.3) is 0 Å². The van der Waals surface area contributed by atoms with Gasteiger partial charge in [-0.05, 0) is 30.7 Å². The predicted molar refractivity (Wildman–Crippen MR) is 85.4 cm³/mol. The van der Waals surface area contributed by atoms with Crippen LogP contribution in [0.1, 0.15) is 15.9 Å². The molecule has 0 aliphatic carbocycles. The number of hydrogen-bond donors (Lipinski definition) is 2. The quantitative estimate of drug-likeness (QED) is 0.641. The molecule has 2 rings (SSSR count). The maximum Gasteiger partial charge on any atom is 0.276 e. The summed E-state index contributed by atoms with van der Waals surface area (Å²) in [5, 5.41) is 10.5. The predicted octanol–water partition coefficient (Wildman–Crippen LogP) is 1.74. The molecule has 2 aromatic rings. The second-order valence-electron chi connectivity index (χ2n) is 4.86. The van der Waals surface area contributed by atoms with Crippen molar-refractivity contribution >= 4 is 17.5 Å². The van der Waals surface area contributed by atoms with Crippen LogP contribution in [0, 0.1) is 17.0 Å². The first-order valence-electron chi connectivity index (χ1n) is 6.99. The molecule has 8 nitrogen and oxygen atoms in total. The fraction of sp³-hybridized carbons (Fsp3) is 0.125. The lowest BCUT2D eigenvalue weighted by Gasteiger charge is -2.10. The van der Waals surface area contributed by atoms with Crippen LogP contribution in [0.2, 0.25) is 0 Å². The topological polar surface area (TPSA) is 111 Å². The highest BCUT2D eigenvalue weighted by Crippen LogP contribution is 2.17. The Morgan fingerprint density at radius 1 is 1.08 bits per heavy atom. The summed E-state index contributed by atoms with van der Waals surface area (Å²) in [4.78, 5) is 33.6. The Balaban J connectivity index is 1.80. The van der Waals surface area contributed by atoms with E-state index in [4.69, 9.17) is 4.74 Å². The number of aryl methyl sites for hydroxylation is 1. The minimum Gasteiger partial charge on any atom is -0.484 e. The van der Waals surface area contributed by atoms with Gasteiger partial charge in [-0.15, -0.1) is 0 Å². The van der Waals surface area contributed by atoms with Crippen molar-refractivity contribution in [2.45, 2.75) is 6.92 Å². The van der Waals surface area contributed by atoms with Crippen molar-refractivity contribution in [3.05, 3.63) is 69.8 Å². The van der Waals surface area contributed by atoms with Crippen molar-refractivity contribution in [3.8, 4) is 5.75 Å². The van der Waals surface area contributed by atoms with Gasteiger partial charge in [0.1, 0.15) is 5.75 Å². The minimum absolute atomic E-state index is 0.0719. The van der Waals surface area contributed by atoms with Crippen molar-refractivity contribution in [2.75, 3.05) is 6.61 Å². The molecule has 0 bridgehead atoms. The number of ether oxygens (including phenoxy) is 1. The zero-order valence-corrected chi connectivity index (χ0v) is 12.8. The number of nitrogens with one attached hydrogen (secondary N) is 2. The van der Waals surface area contributed by atoms with Crippen LogP contribution in [0.15, 0.2) is 48.5 Å². The molecule has 124 valence electrons. The number of carbonyl (C=O) groups is 2. The van der Waals surface area contributed by atoms with Gasteiger partial charge in [0.15, 0.2) is 6.61 Å². The van der Waals surface area contributed by atoms with Gasteiger partial charge in [-0.1, -0.05) is 18.2 Å². The highest BCUT2D eigenvalue weighted by Gasteiger charge is 2.10. The average Bonchev–Trinajstić information content (AvgIpc) is 2.58. The monoisotopic (exact) mass is 329 g/mol. The number of rotatable bonds is 5. The van der Waals surface area contributed by atoms with Crippen LogP contribution in [0.3, 0.4) is 0 Å². The van der Waals surface area contributed by atoms with Gasteiger partial charge < -0.3 is 4.74 Å². The molecule has 2 aromatic carbocycles. The zero-order valence-electron chi connectivity index (χ0n) is 12.8. The first kappa shape index (κ1) is 16.9. The van der Waals surface area contributed by atoms with Crippen LogP contribution in [-0.2, 0) is 4.79 Å². The average molecular weight is 329 g/mol. The molecule has 2 amide bonds. The molecule has 0 atom stereocenters. The van der Waals surface area contributed by atoms with Crippen molar-refractivity contribution in [3.63, 3.8) is 0 Å².